The summed E-state index contributed by atoms with van der Waals surface area (Å²) in [7, 11) is 0. The highest BCUT2D eigenvalue weighted by molar-refractivity contribution is 7.21. The standard InChI is InChI=1S/C15H12N2O2S/c16-13(15(18)19)9-5-1-2-6-10(9)14-17-11-7-3-4-8-12(11)20-14/h1-8,13H,16H2,(H,18,19). The minimum Gasteiger partial charge on any atom is -0.480 e. The molecule has 0 bridgehead atoms. The van der Waals surface area contributed by atoms with E-state index >= 15 is 0 Å². The molecule has 0 radical (unpaired) electrons. The van der Waals surface area contributed by atoms with Crippen molar-refractivity contribution in [3.05, 3.63) is 54.1 Å². The lowest BCUT2D eigenvalue weighted by atomic mass is 10.0. The van der Waals surface area contributed by atoms with Gasteiger partial charge in [0.2, 0.25) is 0 Å². The number of carboxylic acid groups (broad SMARTS) is 1. The zero-order valence-corrected chi connectivity index (χ0v) is 11.3. The van der Waals surface area contributed by atoms with E-state index in [4.69, 9.17) is 10.8 Å². The van der Waals surface area contributed by atoms with Gasteiger partial charge in [0, 0.05) is 5.56 Å². The van der Waals surface area contributed by atoms with Crippen LogP contribution >= 0.6 is 11.3 Å². The summed E-state index contributed by atoms with van der Waals surface area (Å²) < 4.78 is 1.07. The zero-order valence-electron chi connectivity index (χ0n) is 10.5. The van der Waals surface area contributed by atoms with E-state index < -0.39 is 12.0 Å². The molecule has 0 aliphatic carbocycles. The van der Waals surface area contributed by atoms with Crippen LogP contribution in [-0.2, 0) is 4.79 Å². The number of fused-ring (bicyclic) bond motifs is 1. The molecule has 0 fully saturated rings. The van der Waals surface area contributed by atoms with E-state index in [9.17, 15) is 4.79 Å². The first kappa shape index (κ1) is 12.8. The van der Waals surface area contributed by atoms with Crippen LogP contribution in [0.2, 0.25) is 0 Å². The molecular weight excluding hydrogens is 272 g/mol. The Morgan fingerprint density at radius 1 is 1.15 bits per heavy atom. The number of aromatic nitrogens is 1. The van der Waals surface area contributed by atoms with E-state index in [1.807, 2.05) is 36.4 Å². The topological polar surface area (TPSA) is 76.2 Å². The van der Waals surface area contributed by atoms with Gasteiger partial charge in [-0.1, -0.05) is 36.4 Å². The highest BCUT2D eigenvalue weighted by Gasteiger charge is 2.19. The number of para-hydroxylation sites is 1. The predicted molar refractivity (Wildman–Crippen MR) is 79.6 cm³/mol. The van der Waals surface area contributed by atoms with E-state index in [0.29, 0.717) is 5.56 Å². The van der Waals surface area contributed by atoms with Gasteiger partial charge in [0.1, 0.15) is 11.0 Å². The quantitative estimate of drug-likeness (QED) is 0.775. The van der Waals surface area contributed by atoms with E-state index in [0.717, 1.165) is 20.8 Å². The van der Waals surface area contributed by atoms with Crippen LogP contribution in [0.3, 0.4) is 0 Å². The normalized spacial score (nSPS) is 12.4. The molecule has 1 aromatic heterocycles. The lowest BCUT2D eigenvalue weighted by Gasteiger charge is -2.10. The zero-order chi connectivity index (χ0) is 14.1. The lowest BCUT2D eigenvalue weighted by Crippen LogP contribution is -2.21. The van der Waals surface area contributed by atoms with Gasteiger partial charge in [-0.15, -0.1) is 11.3 Å². The molecular formula is C15H12N2O2S. The fraction of sp³-hybridized carbons (Fsp3) is 0.0667. The minimum atomic E-state index is -1.04. The average Bonchev–Trinajstić information content (AvgIpc) is 2.90. The average molecular weight is 284 g/mol. The number of thiazole rings is 1. The molecule has 3 aromatic rings. The van der Waals surface area contributed by atoms with Crippen molar-refractivity contribution in [2.24, 2.45) is 5.73 Å². The van der Waals surface area contributed by atoms with Gasteiger partial charge < -0.3 is 10.8 Å². The molecule has 1 unspecified atom stereocenters. The number of nitrogens with zero attached hydrogens (tertiary/aromatic N) is 1. The fourth-order valence-corrected chi connectivity index (χ4v) is 3.10. The molecule has 5 heteroatoms. The van der Waals surface area contributed by atoms with Gasteiger partial charge in [0.25, 0.3) is 0 Å². The van der Waals surface area contributed by atoms with Gasteiger partial charge in [-0.25, -0.2) is 4.98 Å². The summed E-state index contributed by atoms with van der Waals surface area (Å²) >= 11 is 1.53. The van der Waals surface area contributed by atoms with Crippen molar-refractivity contribution in [3.63, 3.8) is 0 Å². The molecule has 0 spiro atoms. The van der Waals surface area contributed by atoms with E-state index in [1.165, 1.54) is 11.3 Å². The summed E-state index contributed by atoms with van der Waals surface area (Å²) in [5.41, 5.74) is 8.02. The number of aliphatic carboxylic acids is 1. The van der Waals surface area contributed by atoms with Crippen LogP contribution in [0.25, 0.3) is 20.8 Å². The number of hydrogen-bond acceptors (Lipinski definition) is 4. The molecule has 3 rings (SSSR count). The number of nitrogens with two attached hydrogens (primary N) is 1. The number of hydrogen-bond donors (Lipinski definition) is 2. The molecule has 0 aliphatic heterocycles. The van der Waals surface area contributed by atoms with Crippen molar-refractivity contribution in [1.29, 1.82) is 0 Å². The maximum atomic E-state index is 11.1. The van der Waals surface area contributed by atoms with Gasteiger partial charge in [-0.05, 0) is 17.7 Å². The summed E-state index contributed by atoms with van der Waals surface area (Å²) in [6.45, 7) is 0. The summed E-state index contributed by atoms with van der Waals surface area (Å²) in [6, 6.07) is 14.0. The molecule has 100 valence electrons. The molecule has 3 N–H and O–H groups in total. The second-order valence-electron chi connectivity index (χ2n) is 4.39. The van der Waals surface area contributed by atoms with Crippen LogP contribution < -0.4 is 5.73 Å². The Morgan fingerprint density at radius 2 is 1.85 bits per heavy atom. The molecule has 4 nitrogen and oxygen atoms in total. The summed E-state index contributed by atoms with van der Waals surface area (Å²) in [5, 5.41) is 9.89. The van der Waals surface area contributed by atoms with Crippen LogP contribution in [-0.4, -0.2) is 16.1 Å². The molecule has 20 heavy (non-hydrogen) atoms. The Kier molecular flexibility index (Phi) is 3.22. The third-order valence-corrected chi connectivity index (χ3v) is 4.16. The van der Waals surface area contributed by atoms with Crippen LogP contribution in [0.4, 0.5) is 0 Å². The van der Waals surface area contributed by atoms with E-state index in [2.05, 4.69) is 4.98 Å². The predicted octanol–water partition coefficient (Wildman–Crippen LogP) is 3.05. The first-order chi connectivity index (χ1) is 9.66. The van der Waals surface area contributed by atoms with Gasteiger partial charge in [-0.3, -0.25) is 4.79 Å². The highest BCUT2D eigenvalue weighted by atomic mass is 32.1. The number of benzene rings is 2. The first-order valence-corrected chi connectivity index (χ1v) is 6.92. The van der Waals surface area contributed by atoms with Crippen molar-refractivity contribution in [2.45, 2.75) is 6.04 Å². The summed E-state index contributed by atoms with van der Waals surface area (Å²) in [5.74, 6) is -1.04. The first-order valence-electron chi connectivity index (χ1n) is 6.10. The summed E-state index contributed by atoms with van der Waals surface area (Å²) in [6.07, 6.45) is 0. The minimum absolute atomic E-state index is 0.582. The van der Waals surface area contributed by atoms with E-state index in [1.54, 1.807) is 12.1 Å². The second-order valence-corrected chi connectivity index (χ2v) is 5.42. The van der Waals surface area contributed by atoms with Crippen molar-refractivity contribution in [3.8, 4) is 10.6 Å². The van der Waals surface area contributed by atoms with Crippen molar-refractivity contribution >= 4 is 27.5 Å². The smallest absolute Gasteiger partial charge is 0.325 e. The van der Waals surface area contributed by atoms with Crippen LogP contribution in [0.1, 0.15) is 11.6 Å². The van der Waals surface area contributed by atoms with Crippen LogP contribution in [0.15, 0.2) is 48.5 Å². The van der Waals surface area contributed by atoms with Crippen LogP contribution in [0, 0.1) is 0 Å². The Hall–Kier alpha value is -2.24. The number of carbonyl (C=O) groups is 1. The Morgan fingerprint density at radius 3 is 2.60 bits per heavy atom. The molecule has 0 saturated heterocycles. The maximum Gasteiger partial charge on any atom is 0.325 e. The van der Waals surface area contributed by atoms with Crippen LogP contribution in [0.5, 0.6) is 0 Å². The lowest BCUT2D eigenvalue weighted by molar-refractivity contribution is -0.138. The molecule has 2 aromatic carbocycles. The van der Waals surface area contributed by atoms with Gasteiger partial charge in [-0.2, -0.15) is 0 Å². The number of rotatable bonds is 3. The Labute approximate surface area is 119 Å². The molecule has 0 saturated carbocycles. The van der Waals surface area contributed by atoms with Crippen molar-refractivity contribution in [2.75, 3.05) is 0 Å². The highest BCUT2D eigenvalue weighted by Crippen LogP contribution is 2.33. The fourth-order valence-electron chi connectivity index (χ4n) is 2.08. The second kappa shape index (κ2) is 5.03. The molecule has 0 amide bonds. The monoisotopic (exact) mass is 284 g/mol. The third kappa shape index (κ3) is 2.17. The third-order valence-electron chi connectivity index (χ3n) is 3.09. The molecule has 1 atom stereocenters. The number of carboxylic acids is 1. The Balaban J connectivity index is 2.16. The van der Waals surface area contributed by atoms with Gasteiger partial charge in [0.05, 0.1) is 10.2 Å². The van der Waals surface area contributed by atoms with Gasteiger partial charge >= 0.3 is 5.97 Å². The van der Waals surface area contributed by atoms with Crippen molar-refractivity contribution < 1.29 is 9.90 Å². The molecule has 0 aliphatic rings. The SMILES string of the molecule is NC(C(=O)O)c1ccccc1-c1nc2ccccc2s1. The molecule has 1 heterocycles. The summed E-state index contributed by atoms with van der Waals surface area (Å²) in [4.78, 5) is 15.7. The van der Waals surface area contributed by atoms with Gasteiger partial charge in [0.15, 0.2) is 0 Å². The largest absolute Gasteiger partial charge is 0.480 e. The maximum absolute atomic E-state index is 11.1. The Bertz CT molecular complexity index is 749. The van der Waals surface area contributed by atoms with E-state index in [-0.39, 0.29) is 0 Å². The van der Waals surface area contributed by atoms with Crippen molar-refractivity contribution in [1.82, 2.24) is 4.98 Å².